The zero-order chi connectivity index (χ0) is 52.8. The smallest absolute Gasteiger partial charge is 0.744 e. The van der Waals surface area contributed by atoms with E-state index in [2.05, 4.69) is 29.9 Å². The molecule has 2 heterocycles. The minimum absolute atomic E-state index is 0. The van der Waals surface area contributed by atoms with Crippen molar-refractivity contribution in [2.45, 2.75) is 19.6 Å². The quantitative estimate of drug-likeness (QED) is 0.0121. The number of nitrogens with two attached hydrogens (primary N) is 2. The fourth-order valence-electron chi connectivity index (χ4n) is 6.62. The predicted octanol–water partition coefficient (Wildman–Crippen LogP) is -13.2. The van der Waals surface area contributed by atoms with Crippen molar-refractivity contribution in [1.82, 2.24) is 29.9 Å². The molecule has 384 valence electrons. The Bertz CT molecular complexity index is 3250. The molecule has 4 aromatic carbocycles. The molecule has 0 spiro atoms. The molecule has 76 heavy (non-hydrogen) atoms. The third-order valence-corrected chi connectivity index (χ3v) is 13.4. The van der Waals surface area contributed by atoms with Crippen molar-refractivity contribution in [3.63, 3.8) is 0 Å². The van der Waals surface area contributed by atoms with Crippen LogP contribution in [0.15, 0.2) is 105 Å². The van der Waals surface area contributed by atoms with Crippen molar-refractivity contribution in [3.8, 4) is 22.8 Å². The zero-order valence-electron chi connectivity index (χ0n) is 40.8. The summed E-state index contributed by atoms with van der Waals surface area (Å²) in [5.74, 6) is 10.9. The molecule has 0 aliphatic heterocycles. The van der Waals surface area contributed by atoms with E-state index < -0.39 is 98.4 Å². The van der Waals surface area contributed by atoms with Crippen LogP contribution >= 0.6 is 0 Å². The number of aromatic nitrogens is 6. The van der Waals surface area contributed by atoms with Gasteiger partial charge in [0.15, 0.2) is 11.6 Å². The first-order valence-corrected chi connectivity index (χ1v) is 26.1. The summed E-state index contributed by atoms with van der Waals surface area (Å²) in [6, 6.07) is 15.3. The summed E-state index contributed by atoms with van der Waals surface area (Å²) in [6.45, 7) is -2.37. The van der Waals surface area contributed by atoms with Gasteiger partial charge in [0.05, 0.1) is 57.4 Å². The molecule has 0 saturated carbocycles. The molecular formula is C40H40N12Na4O16S4. The van der Waals surface area contributed by atoms with Crippen molar-refractivity contribution in [2.75, 3.05) is 72.4 Å². The van der Waals surface area contributed by atoms with Crippen LogP contribution in [0.1, 0.15) is 11.1 Å². The maximum Gasteiger partial charge on any atom is 1.00 e. The summed E-state index contributed by atoms with van der Waals surface area (Å²) < 4.78 is 147. The topological polar surface area (TPSA) is 452 Å². The molecule has 6 aromatic rings. The number of hydrogen-bond donors (Lipinski definition) is 6. The van der Waals surface area contributed by atoms with Crippen molar-refractivity contribution < 1.29 is 191 Å². The van der Waals surface area contributed by atoms with Crippen LogP contribution < -0.4 is 150 Å². The van der Waals surface area contributed by atoms with Gasteiger partial charge >= 0.3 is 118 Å². The Kier molecular flexibility index (Phi) is 27.0. The van der Waals surface area contributed by atoms with Gasteiger partial charge in [-0.25, -0.2) is 55.4 Å². The van der Waals surface area contributed by atoms with Crippen LogP contribution in [0.3, 0.4) is 0 Å². The Balaban J connectivity index is 0.00000494. The Morgan fingerprint density at radius 2 is 0.750 bits per heavy atom. The Morgan fingerprint density at radius 1 is 0.434 bits per heavy atom. The van der Waals surface area contributed by atoms with Gasteiger partial charge in [-0.15, -0.1) is 0 Å². The average molecular weight is 1170 g/mol. The SMILES string of the molecule is NN(c1ccc(C=Cc2ccc(N(N)c3nc(-c4cccc(S(=O)(=O)[O-])c4)nc(N(CCO)CCO)n3)cc2S(=O)(=O)[O-])c(S(=O)(=O)[O-])c1)c1nc(-c2cccc(S(=O)(=O)[O-])c2)nc(N(CCO)CCO)n1.[Na+].[Na+].[Na+].[Na+]. The fourth-order valence-corrected chi connectivity index (χ4v) is 9.03. The average Bonchev–Trinajstić information content (AvgIpc) is 3.33. The number of anilines is 6. The van der Waals surface area contributed by atoms with Gasteiger partial charge in [0.1, 0.15) is 40.5 Å². The summed E-state index contributed by atoms with van der Waals surface area (Å²) in [5, 5.41) is 40.1. The second kappa shape index (κ2) is 29.6. The van der Waals surface area contributed by atoms with Crippen LogP contribution in [0, 0.1) is 0 Å². The van der Waals surface area contributed by atoms with Gasteiger partial charge in [0, 0.05) is 37.3 Å². The van der Waals surface area contributed by atoms with Gasteiger partial charge < -0.3 is 48.4 Å². The summed E-state index contributed by atoms with van der Waals surface area (Å²) in [6.07, 6.45) is 1.99. The van der Waals surface area contributed by atoms with E-state index in [1.165, 1.54) is 46.2 Å². The zero-order valence-corrected chi connectivity index (χ0v) is 52.1. The summed E-state index contributed by atoms with van der Waals surface area (Å²) in [5.41, 5.74) is -1.25. The van der Waals surface area contributed by atoms with Crippen LogP contribution in [-0.2, 0) is 40.5 Å². The molecule has 0 fully saturated rings. The van der Waals surface area contributed by atoms with Crippen molar-refractivity contribution in [3.05, 3.63) is 96.1 Å². The minimum Gasteiger partial charge on any atom is -0.744 e. The van der Waals surface area contributed by atoms with Crippen molar-refractivity contribution in [1.29, 1.82) is 0 Å². The van der Waals surface area contributed by atoms with E-state index in [0.717, 1.165) is 60.7 Å². The van der Waals surface area contributed by atoms with E-state index in [9.17, 15) is 72.3 Å². The van der Waals surface area contributed by atoms with Crippen LogP contribution in [0.5, 0.6) is 0 Å². The number of benzene rings is 4. The molecule has 0 aliphatic rings. The molecule has 8 N–H and O–H groups in total. The Labute approximate surface area is 524 Å². The Morgan fingerprint density at radius 3 is 1.04 bits per heavy atom. The second-order valence-electron chi connectivity index (χ2n) is 14.8. The first kappa shape index (κ1) is 69.3. The molecule has 0 bridgehead atoms. The van der Waals surface area contributed by atoms with Gasteiger partial charge in [0.2, 0.25) is 23.8 Å². The normalized spacial score (nSPS) is 11.7. The number of nitrogens with zero attached hydrogens (tertiary/aromatic N) is 10. The van der Waals surface area contributed by atoms with Crippen LogP contribution in [0.25, 0.3) is 34.9 Å². The maximum atomic E-state index is 12.7. The number of hydrazine groups is 2. The molecule has 0 amide bonds. The molecule has 2 aromatic heterocycles. The van der Waals surface area contributed by atoms with E-state index in [4.69, 9.17) is 11.7 Å². The summed E-state index contributed by atoms with van der Waals surface area (Å²) in [7, 11) is -20.7. The van der Waals surface area contributed by atoms with Crippen LogP contribution in [0.2, 0.25) is 0 Å². The first-order chi connectivity index (χ1) is 33.9. The van der Waals surface area contributed by atoms with E-state index in [1.807, 2.05) is 0 Å². The van der Waals surface area contributed by atoms with Gasteiger partial charge in [-0.05, 0) is 59.7 Å². The minimum atomic E-state index is -5.41. The van der Waals surface area contributed by atoms with E-state index >= 15 is 0 Å². The molecule has 36 heteroatoms. The Hall–Kier alpha value is -2.76. The molecule has 0 unspecified atom stereocenters. The molecular weight excluding hydrogens is 1120 g/mol. The third-order valence-electron chi connectivity index (χ3n) is 9.99. The molecule has 28 nitrogen and oxygen atoms in total. The summed E-state index contributed by atoms with van der Waals surface area (Å²) >= 11 is 0. The number of hydrogen-bond acceptors (Lipinski definition) is 28. The molecule has 0 saturated heterocycles. The number of rotatable bonds is 22. The number of aliphatic hydroxyl groups is 4. The van der Waals surface area contributed by atoms with E-state index in [-0.39, 0.29) is 202 Å². The largest absolute Gasteiger partial charge is 1.00 e. The van der Waals surface area contributed by atoms with Crippen molar-refractivity contribution in [2.24, 2.45) is 11.7 Å². The number of aliphatic hydroxyl groups excluding tert-OH is 4. The van der Waals surface area contributed by atoms with Gasteiger partial charge in [-0.1, -0.05) is 48.6 Å². The standard InChI is InChI=1S/C40H44N12O16S4.4Na/c41-51(39-45-35(27-3-1-5-31(21-27)69(57,58)59)43-37(47-39)49(13-17-53)14-18-54)29-11-9-25(33(23-29)71(63,64)65)7-8-26-10-12-30(24-34(26)72(66,67)68)52(42)40-46-36(28-4-2-6-32(22-28)70(60,61)62)44-38(48-40)50(15-19-55)16-20-56;;;;/h1-12,21-24,53-56H,13-20,41-42H2,(H,57,58,59)(H,60,61,62)(H,63,64,65)(H,66,67,68);;;;/q;4*+1/p-4. The van der Waals surface area contributed by atoms with Crippen LogP contribution in [0.4, 0.5) is 35.2 Å². The van der Waals surface area contributed by atoms with Crippen LogP contribution in [-0.4, -0.2) is 155 Å². The molecule has 0 atom stereocenters. The molecule has 0 radical (unpaired) electrons. The molecule has 0 aliphatic carbocycles. The first-order valence-electron chi connectivity index (χ1n) is 20.4. The predicted molar refractivity (Wildman–Crippen MR) is 250 cm³/mol. The monoisotopic (exact) mass is 1160 g/mol. The van der Waals surface area contributed by atoms with Gasteiger partial charge in [-0.2, -0.15) is 29.9 Å². The maximum absolute atomic E-state index is 12.7. The van der Waals surface area contributed by atoms with Gasteiger partial charge in [-0.3, -0.25) is 0 Å². The third kappa shape index (κ3) is 17.9. The summed E-state index contributed by atoms with van der Waals surface area (Å²) in [4.78, 5) is 25.1. The van der Waals surface area contributed by atoms with Gasteiger partial charge in [0.25, 0.3) is 0 Å². The molecule has 6 rings (SSSR count). The van der Waals surface area contributed by atoms with E-state index in [0.29, 0.717) is 10.0 Å². The van der Waals surface area contributed by atoms with E-state index in [1.54, 1.807) is 0 Å². The second-order valence-corrected chi connectivity index (χ2v) is 20.2. The van der Waals surface area contributed by atoms with Crippen molar-refractivity contribution >= 4 is 87.8 Å². The fraction of sp³-hybridized carbons (Fsp3) is 0.200.